The van der Waals surface area contributed by atoms with E-state index in [9.17, 15) is 18.4 Å². The SMILES string of the molecule is O=C(CCOCC(F)F)Nc1ccc(C(=O)O)cc1. The minimum absolute atomic E-state index is 0.0482. The number of hydrogen-bond acceptors (Lipinski definition) is 3. The Hall–Kier alpha value is -2.02. The Bertz CT molecular complexity index is 434. The van der Waals surface area contributed by atoms with Gasteiger partial charge in [0.15, 0.2) is 0 Å². The smallest absolute Gasteiger partial charge is 0.335 e. The third-order valence-electron chi connectivity index (χ3n) is 2.13. The Balaban J connectivity index is 2.34. The van der Waals surface area contributed by atoms with Crippen molar-refractivity contribution in [2.45, 2.75) is 12.8 Å². The molecule has 1 amide bonds. The zero-order chi connectivity index (χ0) is 14.3. The van der Waals surface area contributed by atoms with Crippen molar-refractivity contribution in [1.82, 2.24) is 0 Å². The van der Waals surface area contributed by atoms with Crippen LogP contribution in [0.5, 0.6) is 0 Å². The predicted molar refractivity (Wildman–Crippen MR) is 63.5 cm³/mol. The van der Waals surface area contributed by atoms with Crippen LogP contribution in [0, 0.1) is 0 Å². The molecule has 0 aliphatic rings. The molecule has 0 radical (unpaired) electrons. The van der Waals surface area contributed by atoms with E-state index in [0.717, 1.165) is 0 Å². The van der Waals surface area contributed by atoms with E-state index in [1.807, 2.05) is 0 Å². The van der Waals surface area contributed by atoms with Gasteiger partial charge in [-0.3, -0.25) is 4.79 Å². The fourth-order valence-corrected chi connectivity index (χ4v) is 1.26. The molecule has 0 unspecified atom stereocenters. The molecule has 0 spiro atoms. The molecule has 1 aromatic carbocycles. The minimum Gasteiger partial charge on any atom is -0.478 e. The van der Waals surface area contributed by atoms with Gasteiger partial charge < -0.3 is 15.2 Å². The monoisotopic (exact) mass is 273 g/mol. The molecule has 0 fully saturated rings. The van der Waals surface area contributed by atoms with Crippen LogP contribution >= 0.6 is 0 Å². The number of benzene rings is 1. The summed E-state index contributed by atoms with van der Waals surface area (Å²) in [5.41, 5.74) is 0.544. The van der Waals surface area contributed by atoms with E-state index < -0.39 is 24.9 Å². The van der Waals surface area contributed by atoms with Gasteiger partial charge in [-0.1, -0.05) is 0 Å². The number of hydrogen-bond donors (Lipinski definition) is 2. The highest BCUT2D eigenvalue weighted by Crippen LogP contribution is 2.09. The first-order chi connectivity index (χ1) is 8.99. The topological polar surface area (TPSA) is 75.6 Å². The Labute approximate surface area is 108 Å². The van der Waals surface area contributed by atoms with Crippen LogP contribution in [0.4, 0.5) is 14.5 Å². The summed E-state index contributed by atoms with van der Waals surface area (Å²) in [6.07, 6.45) is -2.60. The van der Waals surface area contributed by atoms with Crippen molar-refractivity contribution in [3.8, 4) is 0 Å². The fraction of sp³-hybridized carbons (Fsp3) is 0.333. The fourth-order valence-electron chi connectivity index (χ4n) is 1.26. The lowest BCUT2D eigenvalue weighted by Crippen LogP contribution is -2.15. The maximum atomic E-state index is 11.7. The van der Waals surface area contributed by atoms with Gasteiger partial charge in [0.1, 0.15) is 6.61 Å². The first kappa shape index (κ1) is 15.0. The Morgan fingerprint density at radius 3 is 2.42 bits per heavy atom. The Morgan fingerprint density at radius 2 is 1.89 bits per heavy atom. The molecule has 0 saturated carbocycles. The van der Waals surface area contributed by atoms with Gasteiger partial charge >= 0.3 is 5.97 Å². The third kappa shape index (κ3) is 5.91. The standard InChI is InChI=1S/C12H13F2NO4/c13-10(14)7-19-6-5-11(16)15-9-3-1-8(2-4-9)12(17)18/h1-4,10H,5-7H2,(H,15,16)(H,17,18). The van der Waals surface area contributed by atoms with Crippen LogP contribution < -0.4 is 5.32 Å². The molecule has 0 aromatic heterocycles. The zero-order valence-corrected chi connectivity index (χ0v) is 9.94. The lowest BCUT2D eigenvalue weighted by atomic mass is 10.2. The highest BCUT2D eigenvalue weighted by atomic mass is 19.3. The van der Waals surface area contributed by atoms with E-state index in [0.29, 0.717) is 5.69 Å². The van der Waals surface area contributed by atoms with E-state index in [1.54, 1.807) is 0 Å². The van der Waals surface area contributed by atoms with Crippen molar-refractivity contribution < 1.29 is 28.2 Å². The maximum absolute atomic E-state index is 11.7. The van der Waals surface area contributed by atoms with Gasteiger partial charge in [0.2, 0.25) is 5.91 Å². The number of carboxylic acids is 1. The average molecular weight is 273 g/mol. The summed E-state index contributed by atoms with van der Waals surface area (Å²) in [5.74, 6) is -1.45. The van der Waals surface area contributed by atoms with E-state index in [4.69, 9.17) is 5.11 Å². The van der Waals surface area contributed by atoms with Gasteiger partial charge in [-0.05, 0) is 24.3 Å². The van der Waals surface area contributed by atoms with E-state index in [-0.39, 0.29) is 18.6 Å². The second-order valence-electron chi connectivity index (χ2n) is 3.65. The molecule has 0 aliphatic heterocycles. The lowest BCUT2D eigenvalue weighted by Gasteiger charge is -2.06. The van der Waals surface area contributed by atoms with Crippen molar-refractivity contribution in [3.05, 3.63) is 29.8 Å². The number of aromatic carboxylic acids is 1. The third-order valence-corrected chi connectivity index (χ3v) is 2.13. The van der Waals surface area contributed by atoms with Crippen molar-refractivity contribution in [3.63, 3.8) is 0 Å². The molecule has 19 heavy (non-hydrogen) atoms. The van der Waals surface area contributed by atoms with Crippen LogP contribution in [0.15, 0.2) is 24.3 Å². The molecule has 0 atom stereocenters. The van der Waals surface area contributed by atoms with Gasteiger partial charge in [-0.25, -0.2) is 13.6 Å². The summed E-state index contributed by atoms with van der Waals surface area (Å²) in [6, 6.07) is 5.60. The van der Waals surface area contributed by atoms with Crippen LogP contribution in [-0.2, 0) is 9.53 Å². The minimum atomic E-state index is -2.55. The van der Waals surface area contributed by atoms with E-state index in [1.165, 1.54) is 24.3 Å². The van der Waals surface area contributed by atoms with E-state index in [2.05, 4.69) is 10.1 Å². The molecule has 1 rings (SSSR count). The molecule has 2 N–H and O–H groups in total. The van der Waals surface area contributed by atoms with Gasteiger partial charge in [0.25, 0.3) is 6.43 Å². The van der Waals surface area contributed by atoms with Gasteiger partial charge in [-0.15, -0.1) is 0 Å². The van der Waals surface area contributed by atoms with Gasteiger partial charge in [0.05, 0.1) is 18.6 Å². The van der Waals surface area contributed by atoms with Crippen molar-refractivity contribution in [2.75, 3.05) is 18.5 Å². The summed E-state index contributed by atoms with van der Waals surface area (Å²) in [5, 5.41) is 11.2. The lowest BCUT2D eigenvalue weighted by molar-refractivity contribution is -0.117. The number of ether oxygens (including phenoxy) is 1. The number of alkyl halides is 2. The number of rotatable bonds is 7. The van der Waals surface area contributed by atoms with E-state index >= 15 is 0 Å². The van der Waals surface area contributed by atoms with Crippen LogP contribution in [0.25, 0.3) is 0 Å². The number of carbonyl (C=O) groups is 2. The van der Waals surface area contributed by atoms with Crippen molar-refractivity contribution in [2.24, 2.45) is 0 Å². The molecule has 7 heteroatoms. The van der Waals surface area contributed by atoms with Crippen LogP contribution in [0.3, 0.4) is 0 Å². The predicted octanol–water partition coefficient (Wildman–Crippen LogP) is 2.00. The number of nitrogens with one attached hydrogen (secondary N) is 1. The quantitative estimate of drug-likeness (QED) is 0.745. The molecule has 1 aromatic rings. The summed E-state index contributed by atoms with van der Waals surface area (Å²) < 4.78 is 28.0. The number of amides is 1. The molecule has 5 nitrogen and oxygen atoms in total. The molecule has 0 aliphatic carbocycles. The molecule has 0 bridgehead atoms. The van der Waals surface area contributed by atoms with Gasteiger partial charge in [-0.2, -0.15) is 0 Å². The average Bonchev–Trinajstić information content (AvgIpc) is 2.35. The number of anilines is 1. The molecule has 0 heterocycles. The van der Waals surface area contributed by atoms with Crippen molar-refractivity contribution in [1.29, 1.82) is 0 Å². The molecule has 0 saturated heterocycles. The number of halogens is 2. The number of carbonyl (C=O) groups excluding carboxylic acids is 1. The summed E-state index contributed by atoms with van der Waals surface area (Å²) in [6.45, 7) is -0.788. The molecule has 104 valence electrons. The summed E-state index contributed by atoms with van der Waals surface area (Å²) >= 11 is 0. The highest BCUT2D eigenvalue weighted by Gasteiger charge is 2.06. The van der Waals surface area contributed by atoms with Crippen LogP contribution in [0.1, 0.15) is 16.8 Å². The van der Waals surface area contributed by atoms with Crippen LogP contribution in [-0.4, -0.2) is 36.6 Å². The Kier molecular flexibility index (Phi) is 5.87. The van der Waals surface area contributed by atoms with Crippen LogP contribution in [0.2, 0.25) is 0 Å². The zero-order valence-electron chi connectivity index (χ0n) is 9.94. The number of carboxylic acid groups (broad SMARTS) is 1. The molecular formula is C12H13F2NO4. The largest absolute Gasteiger partial charge is 0.478 e. The first-order valence-corrected chi connectivity index (χ1v) is 5.48. The molecular weight excluding hydrogens is 260 g/mol. The first-order valence-electron chi connectivity index (χ1n) is 5.48. The summed E-state index contributed by atoms with van der Waals surface area (Å²) in [7, 11) is 0. The van der Waals surface area contributed by atoms with Gasteiger partial charge in [0, 0.05) is 5.69 Å². The summed E-state index contributed by atoms with van der Waals surface area (Å²) in [4.78, 5) is 22.0. The van der Waals surface area contributed by atoms with Crippen molar-refractivity contribution >= 4 is 17.6 Å². The second-order valence-corrected chi connectivity index (χ2v) is 3.65. The maximum Gasteiger partial charge on any atom is 0.335 e. The Morgan fingerprint density at radius 1 is 1.26 bits per heavy atom. The normalized spacial score (nSPS) is 10.5. The second kappa shape index (κ2) is 7.42. The highest BCUT2D eigenvalue weighted by molar-refractivity contribution is 5.92.